The van der Waals surface area contributed by atoms with Crippen LogP contribution in [-0.2, 0) is 11.8 Å². The number of hydrogen-bond acceptors (Lipinski definition) is 3. The molecular weight excluding hydrogens is 307 g/mol. The number of rotatable bonds is 4. The largest absolute Gasteiger partial charge is 0.416 e. The molecule has 0 radical (unpaired) electrons. The number of likely N-dealkylation sites (tertiary alicyclic amines) is 1. The predicted molar refractivity (Wildman–Crippen MR) is 78.7 cm³/mol. The summed E-state index contributed by atoms with van der Waals surface area (Å²) in [4.78, 5) is 2.01. The minimum atomic E-state index is -4.41. The van der Waals surface area contributed by atoms with Crippen molar-refractivity contribution in [3.8, 4) is 0 Å². The van der Waals surface area contributed by atoms with Crippen LogP contribution in [0.1, 0.15) is 24.1 Å². The Morgan fingerprint density at radius 1 is 1.22 bits per heavy atom. The zero-order valence-corrected chi connectivity index (χ0v) is 12.7. The molecule has 1 saturated heterocycles. The lowest BCUT2D eigenvalue weighted by molar-refractivity contribution is -0.137. The highest BCUT2D eigenvalue weighted by Crippen LogP contribution is 2.33. The van der Waals surface area contributed by atoms with Gasteiger partial charge < -0.3 is 5.11 Å². The van der Waals surface area contributed by atoms with Crippen molar-refractivity contribution in [3.63, 3.8) is 0 Å². The standard InChI is InChI=1S/C16H18F3N3O/c1-15(23,12-4-2-5-13(8-12)16(17,18)19)11-21-9-14(10-21)22-7-3-6-20-22/h2-8,14,23H,9-11H2,1H3/t15-/m0/s1. The number of hydrogen-bond donors (Lipinski definition) is 1. The third-order valence-electron chi connectivity index (χ3n) is 4.18. The fourth-order valence-corrected chi connectivity index (χ4v) is 2.89. The van der Waals surface area contributed by atoms with E-state index >= 15 is 0 Å². The molecule has 7 heteroatoms. The van der Waals surface area contributed by atoms with Crippen LogP contribution < -0.4 is 0 Å². The van der Waals surface area contributed by atoms with Gasteiger partial charge in [0.25, 0.3) is 0 Å². The van der Waals surface area contributed by atoms with E-state index in [2.05, 4.69) is 5.10 Å². The Labute approximate surface area is 132 Å². The minimum Gasteiger partial charge on any atom is -0.384 e. The van der Waals surface area contributed by atoms with Gasteiger partial charge in [0.1, 0.15) is 0 Å². The summed E-state index contributed by atoms with van der Waals surface area (Å²) in [7, 11) is 0. The van der Waals surface area contributed by atoms with Gasteiger partial charge in [0.05, 0.1) is 17.2 Å². The van der Waals surface area contributed by atoms with Crippen LogP contribution in [0.5, 0.6) is 0 Å². The van der Waals surface area contributed by atoms with Crippen molar-refractivity contribution in [3.05, 3.63) is 53.9 Å². The molecule has 2 heterocycles. The monoisotopic (exact) mass is 325 g/mol. The predicted octanol–water partition coefficient (Wildman–Crippen LogP) is 2.67. The van der Waals surface area contributed by atoms with E-state index in [4.69, 9.17) is 0 Å². The van der Waals surface area contributed by atoms with Crippen molar-refractivity contribution in [2.75, 3.05) is 19.6 Å². The molecule has 0 bridgehead atoms. The summed E-state index contributed by atoms with van der Waals surface area (Å²) in [5, 5.41) is 14.8. The Balaban J connectivity index is 1.66. The number of benzene rings is 1. The molecule has 1 N–H and O–H groups in total. The Morgan fingerprint density at radius 2 is 1.91 bits per heavy atom. The second-order valence-corrected chi connectivity index (χ2v) is 6.19. The molecule has 3 rings (SSSR count). The SMILES string of the molecule is C[C@](O)(CN1CC(n2cccn2)C1)c1cccc(C(F)(F)F)c1. The molecule has 0 aliphatic carbocycles. The van der Waals surface area contributed by atoms with Gasteiger partial charge in [-0.1, -0.05) is 12.1 Å². The van der Waals surface area contributed by atoms with E-state index in [1.807, 2.05) is 21.8 Å². The third-order valence-corrected chi connectivity index (χ3v) is 4.18. The first-order chi connectivity index (χ1) is 10.8. The highest BCUT2D eigenvalue weighted by Gasteiger charge is 2.36. The molecule has 0 saturated carbocycles. The maximum Gasteiger partial charge on any atom is 0.416 e. The summed E-state index contributed by atoms with van der Waals surface area (Å²) in [5.41, 5.74) is -1.81. The van der Waals surface area contributed by atoms with E-state index in [0.29, 0.717) is 0 Å². The fourth-order valence-electron chi connectivity index (χ4n) is 2.89. The van der Waals surface area contributed by atoms with Crippen molar-refractivity contribution in [1.29, 1.82) is 0 Å². The smallest absolute Gasteiger partial charge is 0.384 e. The van der Waals surface area contributed by atoms with E-state index in [1.165, 1.54) is 12.1 Å². The fraction of sp³-hybridized carbons (Fsp3) is 0.438. The zero-order chi connectivity index (χ0) is 16.7. The summed E-state index contributed by atoms with van der Waals surface area (Å²) in [6.45, 7) is 3.27. The average Bonchev–Trinajstić information content (AvgIpc) is 2.95. The maximum atomic E-state index is 12.8. The summed E-state index contributed by atoms with van der Waals surface area (Å²) < 4.78 is 40.3. The zero-order valence-electron chi connectivity index (χ0n) is 12.7. The van der Waals surface area contributed by atoms with E-state index in [-0.39, 0.29) is 18.2 Å². The molecule has 1 atom stereocenters. The highest BCUT2D eigenvalue weighted by atomic mass is 19.4. The number of aromatic nitrogens is 2. The van der Waals surface area contributed by atoms with Gasteiger partial charge in [0, 0.05) is 32.0 Å². The number of nitrogens with zero attached hydrogens (tertiary/aromatic N) is 3. The molecule has 2 aromatic rings. The summed E-state index contributed by atoms with van der Waals surface area (Å²) in [6, 6.07) is 6.99. The van der Waals surface area contributed by atoms with E-state index in [9.17, 15) is 18.3 Å². The summed E-state index contributed by atoms with van der Waals surface area (Å²) in [5.74, 6) is 0. The second-order valence-electron chi connectivity index (χ2n) is 6.19. The van der Waals surface area contributed by atoms with Crippen molar-refractivity contribution in [2.24, 2.45) is 0 Å². The summed E-state index contributed by atoms with van der Waals surface area (Å²) >= 11 is 0. The molecule has 0 spiro atoms. The van der Waals surface area contributed by atoms with Gasteiger partial charge in [-0.05, 0) is 30.7 Å². The molecule has 1 fully saturated rings. The number of alkyl halides is 3. The second kappa shape index (κ2) is 5.65. The maximum absolute atomic E-state index is 12.8. The van der Waals surface area contributed by atoms with Gasteiger partial charge in [-0.25, -0.2) is 0 Å². The molecule has 1 aliphatic heterocycles. The lowest BCUT2D eigenvalue weighted by atomic mass is 9.92. The molecule has 0 amide bonds. The molecule has 124 valence electrons. The van der Waals surface area contributed by atoms with Gasteiger partial charge in [-0.2, -0.15) is 18.3 Å². The first kappa shape index (κ1) is 16.0. The van der Waals surface area contributed by atoms with Crippen molar-refractivity contribution < 1.29 is 18.3 Å². The molecule has 1 aliphatic rings. The Bertz CT molecular complexity index is 661. The highest BCUT2D eigenvalue weighted by molar-refractivity contribution is 5.30. The number of aliphatic hydroxyl groups is 1. The van der Waals surface area contributed by atoms with Crippen LogP contribution in [0.4, 0.5) is 13.2 Å². The van der Waals surface area contributed by atoms with Crippen molar-refractivity contribution in [1.82, 2.24) is 14.7 Å². The van der Waals surface area contributed by atoms with Crippen LogP contribution in [0.15, 0.2) is 42.7 Å². The Kier molecular flexibility index (Phi) is 3.93. The van der Waals surface area contributed by atoms with E-state index in [0.717, 1.165) is 25.2 Å². The molecule has 0 unspecified atom stereocenters. The van der Waals surface area contributed by atoms with Gasteiger partial charge in [-0.3, -0.25) is 9.58 Å². The van der Waals surface area contributed by atoms with Gasteiger partial charge >= 0.3 is 6.18 Å². The van der Waals surface area contributed by atoms with Crippen LogP contribution in [0.25, 0.3) is 0 Å². The van der Waals surface area contributed by atoms with E-state index in [1.54, 1.807) is 13.1 Å². The van der Waals surface area contributed by atoms with Crippen molar-refractivity contribution in [2.45, 2.75) is 24.7 Å². The molecule has 4 nitrogen and oxygen atoms in total. The summed E-state index contributed by atoms with van der Waals surface area (Å²) in [6.07, 6.45) is -0.817. The molecule has 1 aromatic carbocycles. The van der Waals surface area contributed by atoms with Crippen LogP contribution in [0, 0.1) is 0 Å². The third kappa shape index (κ3) is 3.40. The minimum absolute atomic E-state index is 0.252. The molecular formula is C16H18F3N3O. The normalized spacial score (nSPS) is 19.3. The Hall–Kier alpha value is -1.86. The lowest BCUT2D eigenvalue weighted by Crippen LogP contribution is -2.52. The van der Waals surface area contributed by atoms with Gasteiger partial charge in [0.2, 0.25) is 0 Å². The molecule has 1 aromatic heterocycles. The first-order valence-electron chi connectivity index (χ1n) is 7.37. The Morgan fingerprint density at radius 3 is 2.52 bits per heavy atom. The van der Waals surface area contributed by atoms with Gasteiger partial charge in [-0.15, -0.1) is 0 Å². The quantitative estimate of drug-likeness (QED) is 0.940. The first-order valence-corrected chi connectivity index (χ1v) is 7.37. The average molecular weight is 325 g/mol. The lowest BCUT2D eigenvalue weighted by Gasteiger charge is -2.42. The van der Waals surface area contributed by atoms with Gasteiger partial charge in [0.15, 0.2) is 0 Å². The van der Waals surface area contributed by atoms with E-state index < -0.39 is 17.3 Å². The topological polar surface area (TPSA) is 41.3 Å². The van der Waals surface area contributed by atoms with Crippen molar-refractivity contribution >= 4 is 0 Å². The van der Waals surface area contributed by atoms with Crippen LogP contribution in [0.3, 0.4) is 0 Å². The van der Waals surface area contributed by atoms with Crippen LogP contribution in [-0.4, -0.2) is 39.4 Å². The number of β-amino-alcohol motifs (C(OH)–C–C–N with tert-alkyl or cyclic N) is 1. The van der Waals surface area contributed by atoms with Crippen LogP contribution >= 0.6 is 0 Å². The van der Waals surface area contributed by atoms with Crippen LogP contribution in [0.2, 0.25) is 0 Å². The molecule has 23 heavy (non-hydrogen) atoms. The number of halogens is 3.